The highest BCUT2D eigenvalue weighted by Crippen LogP contribution is 2.22. The third kappa shape index (κ3) is 3.78. The smallest absolute Gasteiger partial charge is 0.225 e. The first-order valence-electron chi connectivity index (χ1n) is 5.56. The van der Waals surface area contributed by atoms with E-state index >= 15 is 0 Å². The lowest BCUT2D eigenvalue weighted by Gasteiger charge is -2.08. The van der Waals surface area contributed by atoms with Gasteiger partial charge in [0, 0.05) is 17.1 Å². The van der Waals surface area contributed by atoms with E-state index in [1.54, 1.807) is 18.3 Å². The van der Waals surface area contributed by atoms with Crippen molar-refractivity contribution in [3.8, 4) is 0 Å². The molecule has 1 atom stereocenters. The van der Waals surface area contributed by atoms with Crippen LogP contribution in [0.5, 0.6) is 0 Å². The fourth-order valence-corrected chi connectivity index (χ4v) is 4.16. The summed E-state index contributed by atoms with van der Waals surface area (Å²) in [6.07, 6.45) is 2.38. The van der Waals surface area contributed by atoms with Crippen molar-refractivity contribution in [3.63, 3.8) is 0 Å². The summed E-state index contributed by atoms with van der Waals surface area (Å²) >= 11 is 3.28. The topological polar surface area (TPSA) is 76.1 Å². The van der Waals surface area contributed by atoms with Crippen LogP contribution in [0.4, 0.5) is 5.82 Å². The average molecular weight is 333 g/mol. The van der Waals surface area contributed by atoms with Gasteiger partial charge in [-0.15, -0.1) is 0 Å². The number of halogens is 1. The monoisotopic (exact) mass is 332 g/mol. The molecule has 1 fully saturated rings. The van der Waals surface area contributed by atoms with Gasteiger partial charge in [0.15, 0.2) is 9.84 Å². The number of carbonyl (C=O) groups is 1. The fraction of sp³-hybridized carbons (Fsp3) is 0.455. The van der Waals surface area contributed by atoms with Crippen molar-refractivity contribution < 1.29 is 13.2 Å². The van der Waals surface area contributed by atoms with Crippen LogP contribution in [-0.2, 0) is 14.6 Å². The first-order valence-corrected chi connectivity index (χ1v) is 8.18. The summed E-state index contributed by atoms with van der Waals surface area (Å²) in [5.74, 6) is 0.520. The quantitative estimate of drug-likeness (QED) is 0.912. The van der Waals surface area contributed by atoms with Gasteiger partial charge >= 0.3 is 0 Å². The average Bonchev–Trinajstić information content (AvgIpc) is 2.57. The van der Waals surface area contributed by atoms with Crippen LogP contribution in [0.15, 0.2) is 22.8 Å². The van der Waals surface area contributed by atoms with Crippen LogP contribution >= 0.6 is 15.9 Å². The molecular weight excluding hydrogens is 320 g/mol. The summed E-state index contributed by atoms with van der Waals surface area (Å²) in [5.41, 5.74) is 0. The lowest BCUT2D eigenvalue weighted by atomic mass is 10.1. The summed E-state index contributed by atoms with van der Waals surface area (Å²) in [7, 11) is -2.92. The molecule has 98 valence electrons. The number of hydrogen-bond donors (Lipinski definition) is 1. The Balaban J connectivity index is 1.90. The Labute approximate surface area is 114 Å². The number of carbonyl (C=O) groups excluding carboxylic acids is 1. The van der Waals surface area contributed by atoms with Crippen molar-refractivity contribution in [2.24, 2.45) is 5.92 Å². The van der Waals surface area contributed by atoms with Crippen molar-refractivity contribution in [2.45, 2.75) is 12.8 Å². The predicted octanol–water partition coefficient (Wildman–Crippen LogP) is 1.61. The van der Waals surface area contributed by atoms with Crippen LogP contribution in [0, 0.1) is 5.92 Å². The van der Waals surface area contributed by atoms with Gasteiger partial charge < -0.3 is 5.32 Å². The number of hydrogen-bond acceptors (Lipinski definition) is 4. The van der Waals surface area contributed by atoms with Crippen LogP contribution < -0.4 is 5.32 Å². The largest absolute Gasteiger partial charge is 0.311 e. The molecule has 1 unspecified atom stereocenters. The van der Waals surface area contributed by atoms with Gasteiger partial charge in [0.1, 0.15) is 5.82 Å². The third-order valence-electron chi connectivity index (χ3n) is 2.79. The molecule has 7 heteroatoms. The standard InChI is InChI=1S/C11H13BrN2O3S/c12-9-1-3-13-10(6-9)14-11(15)5-8-2-4-18(16,17)7-8/h1,3,6,8H,2,4-5,7H2,(H,13,14,15). The number of anilines is 1. The molecule has 5 nitrogen and oxygen atoms in total. The number of pyridine rings is 1. The lowest BCUT2D eigenvalue weighted by Crippen LogP contribution is -2.18. The first-order chi connectivity index (χ1) is 8.44. The molecule has 2 rings (SSSR count). The normalized spacial score (nSPS) is 21.7. The molecule has 0 spiro atoms. The van der Waals surface area contributed by atoms with Gasteiger partial charge in [-0.3, -0.25) is 4.79 Å². The maximum absolute atomic E-state index is 11.7. The second-order valence-corrected chi connectivity index (χ2v) is 7.53. The molecule has 1 aromatic rings. The molecule has 1 aliphatic rings. The minimum atomic E-state index is -2.92. The molecule has 0 saturated carbocycles. The molecule has 1 amide bonds. The van der Waals surface area contributed by atoms with Crippen molar-refractivity contribution in [2.75, 3.05) is 16.8 Å². The van der Waals surface area contributed by atoms with E-state index in [0.717, 1.165) is 4.47 Å². The predicted molar refractivity (Wildman–Crippen MR) is 71.9 cm³/mol. The van der Waals surface area contributed by atoms with Gasteiger partial charge in [0.2, 0.25) is 5.91 Å². The molecule has 0 aliphatic carbocycles. The van der Waals surface area contributed by atoms with E-state index in [2.05, 4.69) is 26.2 Å². The van der Waals surface area contributed by atoms with Crippen LogP contribution in [0.2, 0.25) is 0 Å². The molecule has 0 bridgehead atoms. The van der Waals surface area contributed by atoms with Gasteiger partial charge in [0.25, 0.3) is 0 Å². The molecule has 0 aromatic carbocycles. The second-order valence-electron chi connectivity index (χ2n) is 4.38. The zero-order valence-electron chi connectivity index (χ0n) is 9.60. The van der Waals surface area contributed by atoms with Crippen molar-refractivity contribution in [3.05, 3.63) is 22.8 Å². The van der Waals surface area contributed by atoms with E-state index in [9.17, 15) is 13.2 Å². The molecular formula is C11H13BrN2O3S. The zero-order valence-corrected chi connectivity index (χ0v) is 12.0. The Morgan fingerprint density at radius 1 is 1.56 bits per heavy atom. The molecule has 1 aliphatic heterocycles. The fourth-order valence-electron chi connectivity index (χ4n) is 1.96. The minimum Gasteiger partial charge on any atom is -0.311 e. The number of nitrogens with one attached hydrogen (secondary N) is 1. The number of rotatable bonds is 3. The molecule has 18 heavy (non-hydrogen) atoms. The van der Waals surface area contributed by atoms with Gasteiger partial charge in [0.05, 0.1) is 11.5 Å². The maximum atomic E-state index is 11.7. The molecule has 1 N–H and O–H groups in total. The van der Waals surface area contributed by atoms with E-state index in [0.29, 0.717) is 12.2 Å². The minimum absolute atomic E-state index is 0.0675. The van der Waals surface area contributed by atoms with E-state index < -0.39 is 9.84 Å². The van der Waals surface area contributed by atoms with Gasteiger partial charge in [-0.05, 0) is 24.5 Å². The Bertz CT molecular complexity index is 559. The third-order valence-corrected chi connectivity index (χ3v) is 5.12. The SMILES string of the molecule is O=C(CC1CCS(=O)(=O)C1)Nc1cc(Br)ccn1. The van der Waals surface area contributed by atoms with E-state index in [1.807, 2.05) is 0 Å². The number of nitrogens with zero attached hydrogens (tertiary/aromatic N) is 1. The van der Waals surface area contributed by atoms with Gasteiger partial charge in [-0.25, -0.2) is 13.4 Å². The highest BCUT2D eigenvalue weighted by atomic mass is 79.9. The summed E-state index contributed by atoms with van der Waals surface area (Å²) in [6.45, 7) is 0. The molecule has 2 heterocycles. The van der Waals surface area contributed by atoms with E-state index in [-0.39, 0.29) is 29.8 Å². The molecule has 0 radical (unpaired) electrons. The summed E-state index contributed by atoms with van der Waals surface area (Å²) < 4.78 is 23.4. The van der Waals surface area contributed by atoms with E-state index in [1.165, 1.54) is 0 Å². The molecule has 1 saturated heterocycles. The number of aromatic nitrogens is 1. The van der Waals surface area contributed by atoms with Crippen LogP contribution in [0.1, 0.15) is 12.8 Å². The Kier molecular flexibility index (Phi) is 4.01. The summed E-state index contributed by atoms with van der Waals surface area (Å²) in [4.78, 5) is 15.7. The summed E-state index contributed by atoms with van der Waals surface area (Å²) in [6, 6.07) is 3.46. The van der Waals surface area contributed by atoms with Gasteiger partial charge in [-0.2, -0.15) is 0 Å². The first kappa shape index (κ1) is 13.5. The Morgan fingerprint density at radius 2 is 2.33 bits per heavy atom. The van der Waals surface area contributed by atoms with Crippen molar-refractivity contribution in [1.29, 1.82) is 0 Å². The van der Waals surface area contributed by atoms with Crippen molar-refractivity contribution >= 4 is 37.5 Å². The Hall–Kier alpha value is -0.950. The Morgan fingerprint density at radius 3 is 2.94 bits per heavy atom. The van der Waals surface area contributed by atoms with Crippen LogP contribution in [-0.4, -0.2) is 30.8 Å². The molecule has 1 aromatic heterocycles. The highest BCUT2D eigenvalue weighted by Gasteiger charge is 2.29. The second kappa shape index (κ2) is 5.36. The highest BCUT2D eigenvalue weighted by molar-refractivity contribution is 9.10. The number of amides is 1. The van der Waals surface area contributed by atoms with Crippen molar-refractivity contribution in [1.82, 2.24) is 4.98 Å². The number of sulfone groups is 1. The van der Waals surface area contributed by atoms with E-state index in [4.69, 9.17) is 0 Å². The lowest BCUT2D eigenvalue weighted by molar-refractivity contribution is -0.116. The van der Waals surface area contributed by atoms with Crippen LogP contribution in [0.25, 0.3) is 0 Å². The zero-order chi connectivity index (χ0) is 13.2. The van der Waals surface area contributed by atoms with Crippen LogP contribution in [0.3, 0.4) is 0 Å². The summed E-state index contributed by atoms with van der Waals surface area (Å²) in [5, 5.41) is 2.66. The maximum Gasteiger partial charge on any atom is 0.225 e. The van der Waals surface area contributed by atoms with Gasteiger partial charge in [-0.1, -0.05) is 15.9 Å².